The predicted molar refractivity (Wildman–Crippen MR) is 239 cm³/mol. The molecular formula is C50H85NO3. The van der Waals surface area contributed by atoms with Crippen LogP contribution in [-0.4, -0.2) is 34.9 Å². The minimum atomic E-state index is -0.871. The highest BCUT2D eigenvalue weighted by molar-refractivity contribution is 5.76. The molecule has 0 aliphatic heterocycles. The molecular weight excluding hydrogens is 663 g/mol. The van der Waals surface area contributed by atoms with Crippen LogP contribution in [0.5, 0.6) is 0 Å². The molecule has 0 spiro atoms. The zero-order chi connectivity index (χ0) is 39.3. The van der Waals surface area contributed by atoms with Crippen LogP contribution < -0.4 is 5.32 Å². The molecule has 3 N–H and O–H groups in total. The van der Waals surface area contributed by atoms with Crippen molar-refractivity contribution in [2.75, 3.05) is 6.61 Å². The van der Waals surface area contributed by atoms with Gasteiger partial charge in [0.2, 0.25) is 5.91 Å². The van der Waals surface area contributed by atoms with Gasteiger partial charge in [-0.05, 0) is 84.0 Å². The van der Waals surface area contributed by atoms with E-state index in [0.29, 0.717) is 6.42 Å². The summed E-state index contributed by atoms with van der Waals surface area (Å²) in [7, 11) is 0. The third-order valence-electron chi connectivity index (χ3n) is 9.62. The fourth-order valence-electron chi connectivity index (χ4n) is 6.24. The molecule has 0 aromatic carbocycles. The zero-order valence-corrected chi connectivity index (χ0v) is 35.2. The Kier molecular flexibility index (Phi) is 42.5. The van der Waals surface area contributed by atoms with E-state index in [1.165, 1.54) is 103 Å². The number of aliphatic hydroxyl groups excluding tert-OH is 2. The first-order valence-corrected chi connectivity index (χ1v) is 22.4. The van der Waals surface area contributed by atoms with Gasteiger partial charge in [-0.2, -0.15) is 0 Å². The first-order chi connectivity index (χ1) is 26.7. The molecule has 0 aliphatic carbocycles. The maximum absolute atomic E-state index is 12.3. The largest absolute Gasteiger partial charge is 0.394 e. The maximum Gasteiger partial charge on any atom is 0.220 e. The van der Waals surface area contributed by atoms with Crippen LogP contribution >= 0.6 is 0 Å². The molecule has 2 unspecified atom stereocenters. The van der Waals surface area contributed by atoms with Crippen molar-refractivity contribution in [1.29, 1.82) is 0 Å². The molecule has 0 fully saturated rings. The molecule has 1 amide bonds. The van der Waals surface area contributed by atoms with Gasteiger partial charge < -0.3 is 15.5 Å². The third-order valence-corrected chi connectivity index (χ3v) is 9.62. The van der Waals surface area contributed by atoms with Gasteiger partial charge in [-0.1, -0.05) is 200 Å². The molecule has 0 saturated carbocycles. The van der Waals surface area contributed by atoms with Crippen molar-refractivity contribution in [3.8, 4) is 0 Å². The minimum absolute atomic E-state index is 0.0846. The van der Waals surface area contributed by atoms with Gasteiger partial charge in [-0.3, -0.25) is 4.79 Å². The van der Waals surface area contributed by atoms with Crippen molar-refractivity contribution in [2.45, 2.75) is 206 Å². The molecule has 4 heteroatoms. The van der Waals surface area contributed by atoms with Crippen molar-refractivity contribution in [3.63, 3.8) is 0 Å². The molecule has 0 rings (SSSR count). The van der Waals surface area contributed by atoms with Crippen LogP contribution in [0, 0.1) is 0 Å². The van der Waals surface area contributed by atoms with E-state index in [1.807, 2.05) is 13.0 Å². The van der Waals surface area contributed by atoms with Crippen LogP contribution in [-0.2, 0) is 4.79 Å². The SMILES string of the molecule is C/C=C/CC/C=C/CC/C=C/C(O)C(CO)NC(=O)CCCCCCCCCCCCCCCCCCC/C=C\C/C=C\C/C=C\C/C=C\C/C=C\CC. The van der Waals surface area contributed by atoms with E-state index in [1.54, 1.807) is 6.08 Å². The molecule has 0 radical (unpaired) electrons. The van der Waals surface area contributed by atoms with Crippen LogP contribution in [0.4, 0.5) is 0 Å². The van der Waals surface area contributed by atoms with Crippen molar-refractivity contribution in [1.82, 2.24) is 5.32 Å². The molecule has 4 nitrogen and oxygen atoms in total. The van der Waals surface area contributed by atoms with E-state index in [2.05, 4.69) is 97.3 Å². The van der Waals surface area contributed by atoms with Crippen molar-refractivity contribution in [2.24, 2.45) is 0 Å². The highest BCUT2D eigenvalue weighted by Crippen LogP contribution is 2.15. The van der Waals surface area contributed by atoms with Crippen LogP contribution in [0.2, 0.25) is 0 Å². The molecule has 2 atom stereocenters. The number of hydrogen-bond donors (Lipinski definition) is 3. The van der Waals surface area contributed by atoms with Gasteiger partial charge in [0.15, 0.2) is 0 Å². The number of allylic oxidation sites excluding steroid dienone is 15. The van der Waals surface area contributed by atoms with Gasteiger partial charge >= 0.3 is 0 Å². The number of unbranched alkanes of at least 4 members (excludes halogenated alkanes) is 19. The number of carbonyl (C=O) groups excluding carboxylic acids is 1. The normalized spacial score (nSPS) is 13.9. The standard InChI is InChI=1S/C50H85NO3/c1-3-5-7-9-11-13-14-15-16-17-18-19-20-21-22-23-24-25-26-27-28-29-30-31-32-33-34-35-36-38-40-42-44-46-50(54)51-48(47-52)49(53)45-43-41-39-37-12-10-8-6-4-2/h4-7,11-13,15-16,18-19,21-22,37,43,45,48-49,52-53H,3,8-10,14,17,20,23-36,38-42,44,46-47H2,1-2H3,(H,51,54)/b6-4+,7-5-,13-11-,16-15-,19-18-,22-21-,37-12+,45-43+. The lowest BCUT2D eigenvalue weighted by Crippen LogP contribution is -2.45. The number of amides is 1. The van der Waals surface area contributed by atoms with Gasteiger partial charge in [-0.25, -0.2) is 0 Å². The van der Waals surface area contributed by atoms with E-state index in [4.69, 9.17) is 0 Å². The summed E-state index contributed by atoms with van der Waals surface area (Å²) in [5.74, 6) is -0.0846. The number of hydrogen-bond acceptors (Lipinski definition) is 3. The van der Waals surface area contributed by atoms with Crippen LogP contribution in [0.25, 0.3) is 0 Å². The summed E-state index contributed by atoms with van der Waals surface area (Å²) in [4.78, 5) is 12.3. The molecule has 308 valence electrons. The lowest BCUT2D eigenvalue weighted by Gasteiger charge is -2.19. The van der Waals surface area contributed by atoms with E-state index >= 15 is 0 Å². The van der Waals surface area contributed by atoms with Crippen LogP contribution in [0.3, 0.4) is 0 Å². The van der Waals surface area contributed by atoms with E-state index in [9.17, 15) is 15.0 Å². The Morgan fingerprint density at radius 3 is 1.30 bits per heavy atom. The topological polar surface area (TPSA) is 69.6 Å². The van der Waals surface area contributed by atoms with E-state index in [-0.39, 0.29) is 12.5 Å². The molecule has 54 heavy (non-hydrogen) atoms. The van der Waals surface area contributed by atoms with Gasteiger partial charge in [0.25, 0.3) is 0 Å². The van der Waals surface area contributed by atoms with E-state index < -0.39 is 12.1 Å². The Hall–Kier alpha value is -2.69. The van der Waals surface area contributed by atoms with Crippen LogP contribution in [0.1, 0.15) is 194 Å². The maximum atomic E-state index is 12.3. The number of nitrogens with one attached hydrogen (secondary N) is 1. The van der Waals surface area contributed by atoms with Crippen molar-refractivity contribution >= 4 is 5.91 Å². The highest BCUT2D eigenvalue weighted by Gasteiger charge is 2.17. The number of aliphatic hydroxyl groups is 2. The Balaban J connectivity index is 3.49. The van der Waals surface area contributed by atoms with Gasteiger partial charge in [0, 0.05) is 6.42 Å². The fraction of sp³-hybridized carbons (Fsp3) is 0.660. The molecule has 0 aromatic rings. The zero-order valence-electron chi connectivity index (χ0n) is 35.2. The first kappa shape index (κ1) is 51.3. The van der Waals surface area contributed by atoms with Crippen molar-refractivity contribution < 1.29 is 15.0 Å². The Morgan fingerprint density at radius 1 is 0.481 bits per heavy atom. The Morgan fingerprint density at radius 2 is 0.852 bits per heavy atom. The number of rotatable bonds is 39. The van der Waals surface area contributed by atoms with Gasteiger partial charge in [-0.15, -0.1) is 0 Å². The average molecular weight is 748 g/mol. The molecule has 0 heterocycles. The second-order valence-corrected chi connectivity index (χ2v) is 14.7. The minimum Gasteiger partial charge on any atom is -0.394 e. The predicted octanol–water partition coefficient (Wildman–Crippen LogP) is 14.2. The molecule has 0 aliphatic rings. The Labute approximate surface area is 334 Å². The second kappa shape index (κ2) is 44.7. The quantitative estimate of drug-likeness (QED) is 0.0433. The second-order valence-electron chi connectivity index (χ2n) is 14.7. The highest BCUT2D eigenvalue weighted by atomic mass is 16.3. The third kappa shape index (κ3) is 40.5. The van der Waals surface area contributed by atoms with E-state index in [0.717, 1.165) is 70.6 Å². The summed E-state index contributed by atoms with van der Waals surface area (Å²) >= 11 is 0. The summed E-state index contributed by atoms with van der Waals surface area (Å²) in [6.45, 7) is 3.93. The smallest absolute Gasteiger partial charge is 0.220 e. The van der Waals surface area contributed by atoms with Gasteiger partial charge in [0.05, 0.1) is 18.8 Å². The van der Waals surface area contributed by atoms with Gasteiger partial charge in [0.1, 0.15) is 0 Å². The lowest BCUT2D eigenvalue weighted by molar-refractivity contribution is -0.123. The summed E-state index contributed by atoms with van der Waals surface area (Å²) in [6, 6.07) is -0.647. The fourth-order valence-corrected chi connectivity index (χ4v) is 6.24. The molecule has 0 bridgehead atoms. The monoisotopic (exact) mass is 748 g/mol. The summed E-state index contributed by atoms with van der Waals surface area (Å²) in [5, 5.41) is 22.8. The number of carbonyl (C=O) groups is 1. The molecule has 0 saturated heterocycles. The van der Waals surface area contributed by atoms with Crippen LogP contribution in [0.15, 0.2) is 97.2 Å². The summed E-state index contributed by atoms with van der Waals surface area (Å²) in [5.41, 5.74) is 0. The average Bonchev–Trinajstić information content (AvgIpc) is 3.18. The van der Waals surface area contributed by atoms with Crippen molar-refractivity contribution in [3.05, 3.63) is 97.2 Å². The summed E-state index contributed by atoms with van der Waals surface area (Å²) in [6.07, 6.45) is 67.0. The summed E-state index contributed by atoms with van der Waals surface area (Å²) < 4.78 is 0. The molecule has 0 aromatic heterocycles. The lowest BCUT2D eigenvalue weighted by atomic mass is 10.0. The first-order valence-electron chi connectivity index (χ1n) is 22.4. The Bertz CT molecular complexity index is 1030.